The molecule has 1 aromatic heterocycles. The van der Waals surface area contributed by atoms with Gasteiger partial charge in [-0.1, -0.05) is 12.1 Å². The Morgan fingerprint density at radius 1 is 1.00 bits per heavy atom. The zero-order valence-corrected chi connectivity index (χ0v) is 14.9. The molecule has 1 heterocycles. The quantitative estimate of drug-likeness (QED) is 0.575. The van der Waals surface area contributed by atoms with Gasteiger partial charge in [0.2, 0.25) is 0 Å². The van der Waals surface area contributed by atoms with E-state index in [1.165, 1.54) is 0 Å². The molecule has 7 heteroatoms. The van der Waals surface area contributed by atoms with Crippen LogP contribution < -0.4 is 10.6 Å². The number of carbonyl (C=O) groups is 1. The summed E-state index contributed by atoms with van der Waals surface area (Å²) in [7, 11) is 0. The number of halogens is 1. The number of hydrogen-bond acceptors (Lipinski definition) is 5. The van der Waals surface area contributed by atoms with E-state index in [-0.39, 0.29) is 5.56 Å². The molecule has 0 saturated heterocycles. The fraction of sp³-hybridized carbons (Fsp3) is 0.0556. The number of nitrogens with one attached hydrogen (secondary N) is 2. The van der Waals surface area contributed by atoms with Crippen molar-refractivity contribution >= 4 is 44.9 Å². The van der Waals surface area contributed by atoms with Crippen molar-refractivity contribution in [2.75, 3.05) is 10.6 Å². The summed E-state index contributed by atoms with van der Waals surface area (Å²) >= 11 is 3.49. The highest BCUT2D eigenvalue weighted by atomic mass is 79.9. The molecule has 0 unspecified atom stereocenters. The first-order chi connectivity index (χ1) is 12.0. The Kier molecular flexibility index (Phi) is 4.95. The highest BCUT2D eigenvalue weighted by Gasteiger charge is 2.06. The molecule has 2 aromatic carbocycles. The third-order valence-electron chi connectivity index (χ3n) is 3.38. The van der Waals surface area contributed by atoms with Crippen LogP contribution in [-0.2, 0) is 0 Å². The van der Waals surface area contributed by atoms with E-state index in [0.717, 1.165) is 15.8 Å². The van der Waals surface area contributed by atoms with Crippen LogP contribution in [-0.4, -0.2) is 21.0 Å². The van der Waals surface area contributed by atoms with Gasteiger partial charge >= 0.3 is 5.97 Å². The maximum Gasteiger partial charge on any atom is 0.335 e. The monoisotopic (exact) mass is 398 g/mol. The molecule has 0 spiro atoms. The van der Waals surface area contributed by atoms with Crippen LogP contribution in [0.5, 0.6) is 0 Å². The summed E-state index contributed by atoms with van der Waals surface area (Å²) < 4.78 is 0.935. The van der Waals surface area contributed by atoms with Gasteiger partial charge in [-0.05, 0) is 59.3 Å². The van der Waals surface area contributed by atoms with Gasteiger partial charge in [0, 0.05) is 16.2 Å². The number of hydrogen-bond donors (Lipinski definition) is 3. The van der Waals surface area contributed by atoms with Crippen molar-refractivity contribution in [3.8, 4) is 0 Å². The van der Waals surface area contributed by atoms with E-state index >= 15 is 0 Å². The predicted molar refractivity (Wildman–Crippen MR) is 101 cm³/mol. The Morgan fingerprint density at radius 2 is 1.64 bits per heavy atom. The van der Waals surface area contributed by atoms with E-state index in [4.69, 9.17) is 5.11 Å². The van der Waals surface area contributed by atoms with E-state index in [9.17, 15) is 4.79 Å². The summed E-state index contributed by atoms with van der Waals surface area (Å²) in [6.45, 7) is 1.81. The lowest BCUT2D eigenvalue weighted by atomic mass is 10.2. The second-order valence-corrected chi connectivity index (χ2v) is 6.15. The molecule has 0 aliphatic rings. The second kappa shape index (κ2) is 7.31. The van der Waals surface area contributed by atoms with Crippen molar-refractivity contribution in [2.24, 2.45) is 0 Å². The highest BCUT2D eigenvalue weighted by Crippen LogP contribution is 2.26. The van der Waals surface area contributed by atoms with Gasteiger partial charge in [-0.2, -0.15) is 0 Å². The van der Waals surface area contributed by atoms with Crippen molar-refractivity contribution in [1.29, 1.82) is 0 Å². The molecular weight excluding hydrogens is 384 g/mol. The van der Waals surface area contributed by atoms with Gasteiger partial charge in [0.25, 0.3) is 0 Å². The number of carboxylic acids is 1. The lowest BCUT2D eigenvalue weighted by molar-refractivity contribution is 0.0697. The van der Waals surface area contributed by atoms with Crippen molar-refractivity contribution < 1.29 is 9.90 Å². The number of benzene rings is 2. The summed E-state index contributed by atoms with van der Waals surface area (Å²) in [6.07, 6.45) is 0. The number of rotatable bonds is 5. The van der Waals surface area contributed by atoms with Crippen LogP contribution >= 0.6 is 15.9 Å². The lowest BCUT2D eigenvalue weighted by Crippen LogP contribution is -2.02. The Bertz CT molecular complexity index is 913. The Labute approximate surface area is 153 Å². The van der Waals surface area contributed by atoms with E-state index in [1.54, 1.807) is 30.3 Å². The number of anilines is 4. The van der Waals surface area contributed by atoms with Gasteiger partial charge in [0.15, 0.2) is 0 Å². The van der Waals surface area contributed by atoms with Gasteiger partial charge in [0.1, 0.15) is 17.5 Å². The van der Waals surface area contributed by atoms with Gasteiger partial charge in [0.05, 0.1) is 11.3 Å². The Balaban J connectivity index is 1.81. The number of aromatic carboxylic acids is 1. The average molecular weight is 399 g/mol. The van der Waals surface area contributed by atoms with Gasteiger partial charge < -0.3 is 15.7 Å². The number of nitrogens with zero attached hydrogens (tertiary/aromatic N) is 2. The third-order valence-corrected chi connectivity index (χ3v) is 4.07. The molecule has 0 saturated carbocycles. The molecule has 126 valence electrons. The van der Waals surface area contributed by atoms with Crippen LogP contribution in [0.3, 0.4) is 0 Å². The van der Waals surface area contributed by atoms with Gasteiger partial charge in [-0.15, -0.1) is 0 Å². The molecule has 0 fully saturated rings. The van der Waals surface area contributed by atoms with E-state index in [1.807, 2.05) is 31.2 Å². The molecule has 0 aliphatic heterocycles. The van der Waals surface area contributed by atoms with Crippen LogP contribution in [0.25, 0.3) is 0 Å². The summed E-state index contributed by atoms with van der Waals surface area (Å²) in [5.41, 5.74) is 1.88. The van der Waals surface area contributed by atoms with Crippen molar-refractivity contribution in [1.82, 2.24) is 9.97 Å². The standard InChI is InChI=1S/C18H15BrN4O2/c1-11-20-16(22-13-8-6-12(7-9-13)18(24)25)10-17(21-11)23-15-5-3-2-4-14(15)19/h2-10H,1H3,(H,24,25)(H2,20,21,22,23). The van der Waals surface area contributed by atoms with Crippen LogP contribution in [0.15, 0.2) is 59.1 Å². The van der Waals surface area contributed by atoms with Gasteiger partial charge in [-0.3, -0.25) is 0 Å². The summed E-state index contributed by atoms with van der Waals surface area (Å²) in [5.74, 6) is 0.931. The Hall–Kier alpha value is -2.93. The predicted octanol–water partition coefficient (Wildman–Crippen LogP) is 4.73. The topological polar surface area (TPSA) is 87.1 Å². The maximum atomic E-state index is 10.9. The number of carboxylic acid groups (broad SMARTS) is 1. The van der Waals surface area contributed by atoms with Crippen LogP contribution in [0.1, 0.15) is 16.2 Å². The fourth-order valence-electron chi connectivity index (χ4n) is 2.24. The van der Waals surface area contributed by atoms with E-state index < -0.39 is 5.97 Å². The van der Waals surface area contributed by atoms with Crippen LogP contribution in [0, 0.1) is 6.92 Å². The molecule has 0 aliphatic carbocycles. The number of aromatic nitrogens is 2. The second-order valence-electron chi connectivity index (χ2n) is 5.30. The van der Waals surface area contributed by atoms with Crippen LogP contribution in [0.2, 0.25) is 0 Å². The minimum absolute atomic E-state index is 0.237. The van der Waals surface area contributed by atoms with Crippen molar-refractivity contribution in [2.45, 2.75) is 6.92 Å². The molecule has 3 N–H and O–H groups in total. The molecule has 0 bridgehead atoms. The first kappa shape index (κ1) is 16.9. The molecule has 25 heavy (non-hydrogen) atoms. The van der Waals surface area contributed by atoms with Crippen LogP contribution in [0.4, 0.5) is 23.0 Å². The summed E-state index contributed by atoms with van der Waals surface area (Å²) in [4.78, 5) is 19.7. The number of para-hydroxylation sites is 1. The SMILES string of the molecule is Cc1nc(Nc2ccc(C(=O)O)cc2)cc(Nc2ccccc2Br)n1. The van der Waals surface area contributed by atoms with Crippen molar-refractivity contribution in [3.63, 3.8) is 0 Å². The lowest BCUT2D eigenvalue weighted by Gasteiger charge is -2.11. The zero-order valence-electron chi connectivity index (χ0n) is 13.3. The average Bonchev–Trinajstić information content (AvgIpc) is 2.57. The number of aryl methyl sites for hydroxylation is 1. The molecule has 3 rings (SSSR count). The highest BCUT2D eigenvalue weighted by molar-refractivity contribution is 9.10. The summed E-state index contributed by atoms with van der Waals surface area (Å²) in [5, 5.41) is 15.4. The molecule has 3 aromatic rings. The van der Waals surface area contributed by atoms with E-state index in [0.29, 0.717) is 17.5 Å². The minimum Gasteiger partial charge on any atom is -0.478 e. The first-order valence-electron chi connectivity index (χ1n) is 7.49. The van der Waals surface area contributed by atoms with E-state index in [2.05, 4.69) is 36.5 Å². The molecule has 0 radical (unpaired) electrons. The molecule has 0 atom stereocenters. The Morgan fingerprint density at radius 3 is 2.28 bits per heavy atom. The van der Waals surface area contributed by atoms with Crippen molar-refractivity contribution in [3.05, 3.63) is 70.5 Å². The zero-order chi connectivity index (χ0) is 17.8. The largest absolute Gasteiger partial charge is 0.478 e. The smallest absolute Gasteiger partial charge is 0.335 e. The first-order valence-corrected chi connectivity index (χ1v) is 8.28. The summed E-state index contributed by atoms with van der Waals surface area (Å²) in [6, 6.07) is 16.0. The maximum absolute atomic E-state index is 10.9. The normalized spacial score (nSPS) is 10.3. The van der Waals surface area contributed by atoms with Gasteiger partial charge in [-0.25, -0.2) is 14.8 Å². The molecular formula is C18H15BrN4O2. The third kappa shape index (κ3) is 4.33. The fourth-order valence-corrected chi connectivity index (χ4v) is 2.62. The minimum atomic E-state index is -0.954. The molecule has 0 amide bonds. The molecule has 6 nitrogen and oxygen atoms in total.